The zero-order valence-electron chi connectivity index (χ0n) is 38.5. The number of allylic oxidation sites excluding steroid dienone is 8. The van der Waals surface area contributed by atoms with E-state index in [2.05, 4.69) is 43.9 Å². The largest absolute Gasteiger partial charge is 1.00 e. The maximum Gasteiger partial charge on any atom is 1.00 e. The number of amides is 2. The molecule has 4 aliphatic rings. The second-order valence-electron chi connectivity index (χ2n) is 17.4. The van der Waals surface area contributed by atoms with Gasteiger partial charge in [-0.3, -0.25) is 14.1 Å². The molecule has 4 aliphatic heterocycles. The molecule has 67 heavy (non-hydrogen) atoms. The number of ether oxygens (including phenoxy) is 2. The first kappa shape index (κ1) is 51.4. The molecule has 15 nitrogen and oxygen atoms in total. The van der Waals surface area contributed by atoms with Gasteiger partial charge in [0.2, 0.25) is 5.69 Å². The fourth-order valence-electron chi connectivity index (χ4n) is 9.11. The maximum atomic E-state index is 12.9. The summed E-state index contributed by atoms with van der Waals surface area (Å²) in [7, 11) is -7.53. The molecule has 0 bridgehead atoms. The second kappa shape index (κ2) is 20.7. The molecule has 0 saturated carbocycles. The molecule has 1 atom stereocenters. The Morgan fingerprint density at radius 2 is 1.67 bits per heavy atom. The van der Waals surface area contributed by atoms with Gasteiger partial charge in [0.1, 0.15) is 28.2 Å². The van der Waals surface area contributed by atoms with Crippen molar-refractivity contribution in [1.29, 1.82) is 0 Å². The molecule has 1 N–H and O–H groups in total. The SMILES string of the molecule is COCCN1c2cc3c(cc2C(C)=CC1(C)C)C(=CC=CC=CC1=[N+](CCCS(=O)(=O)O)c2ccc(S(=O)(=O)[O-])cc2C1(C)CCCC(=O)ON1C(=O)CCC1=O)C=C(c1ccccc1)O3.[Na+]. The topological polar surface area (TPSA) is 200 Å². The molecule has 18 heteroatoms. The Hall–Kier alpha value is -4.98. The maximum absolute atomic E-state index is 12.9. The summed E-state index contributed by atoms with van der Waals surface area (Å²) in [6.45, 7) is 9.58. The fraction of sp³-hybridized carbons (Fsp3) is 0.347. The summed E-state index contributed by atoms with van der Waals surface area (Å²) in [5.74, 6) is -1.23. The average Bonchev–Trinajstić information content (AvgIpc) is 3.68. The van der Waals surface area contributed by atoms with Crippen LogP contribution in [0.5, 0.6) is 5.75 Å². The van der Waals surface area contributed by atoms with Gasteiger partial charge in [0.05, 0.1) is 28.2 Å². The summed E-state index contributed by atoms with van der Waals surface area (Å²) in [5.41, 5.74) is 6.14. The van der Waals surface area contributed by atoms with Crippen molar-refractivity contribution in [3.63, 3.8) is 0 Å². The van der Waals surface area contributed by atoms with Gasteiger partial charge in [-0.15, -0.1) is 5.06 Å². The number of hydrogen-bond donors (Lipinski definition) is 1. The van der Waals surface area contributed by atoms with E-state index in [-0.39, 0.29) is 80.2 Å². The van der Waals surface area contributed by atoms with Crippen molar-refractivity contribution in [1.82, 2.24) is 5.06 Å². The Balaban J connectivity index is 0.00000741. The van der Waals surface area contributed by atoms with Crippen LogP contribution in [0.1, 0.15) is 88.5 Å². The number of methoxy groups -OCH3 is 1. The number of anilines is 1. The molecule has 0 aliphatic carbocycles. The first-order chi connectivity index (χ1) is 31.2. The first-order valence-electron chi connectivity index (χ1n) is 21.6. The van der Waals surface area contributed by atoms with Crippen LogP contribution in [0.4, 0.5) is 11.4 Å². The van der Waals surface area contributed by atoms with E-state index in [1.807, 2.05) is 66.1 Å². The van der Waals surface area contributed by atoms with Crippen molar-refractivity contribution in [3.05, 3.63) is 125 Å². The summed E-state index contributed by atoms with van der Waals surface area (Å²) in [4.78, 5) is 44.0. The number of rotatable bonds is 17. The molecular formula is C49H53N3NaO12S2+. The monoisotopic (exact) mass is 962 g/mol. The molecule has 0 aromatic heterocycles. The third kappa shape index (κ3) is 11.5. The number of benzene rings is 3. The second-order valence-corrected chi connectivity index (χ2v) is 20.3. The number of fused-ring (bicyclic) bond motifs is 3. The van der Waals surface area contributed by atoms with Crippen molar-refractivity contribution in [3.8, 4) is 5.75 Å². The van der Waals surface area contributed by atoms with E-state index in [4.69, 9.17) is 14.3 Å². The average molecular weight is 963 g/mol. The van der Waals surface area contributed by atoms with Crippen molar-refractivity contribution in [2.24, 2.45) is 0 Å². The van der Waals surface area contributed by atoms with Crippen LogP contribution in [-0.4, -0.2) is 97.2 Å². The molecule has 1 saturated heterocycles. The van der Waals surface area contributed by atoms with Gasteiger partial charge in [-0.2, -0.15) is 13.0 Å². The van der Waals surface area contributed by atoms with Crippen LogP contribution in [0.3, 0.4) is 0 Å². The minimum atomic E-state index is -4.90. The summed E-state index contributed by atoms with van der Waals surface area (Å²) in [6, 6.07) is 18.0. The first-order valence-corrected chi connectivity index (χ1v) is 24.6. The molecule has 3 aromatic carbocycles. The van der Waals surface area contributed by atoms with Crippen LogP contribution in [0.25, 0.3) is 16.9 Å². The number of hydroxylamine groups is 2. The molecule has 0 spiro atoms. The smallest absolute Gasteiger partial charge is 0.744 e. The number of nitrogens with zero attached hydrogens (tertiary/aromatic N) is 3. The molecule has 1 fully saturated rings. The Bertz CT molecular complexity index is 2870. The normalized spacial score (nSPS) is 19.6. The van der Waals surface area contributed by atoms with E-state index in [9.17, 15) is 40.3 Å². The van der Waals surface area contributed by atoms with E-state index in [0.717, 1.165) is 33.5 Å². The molecule has 1 unspecified atom stereocenters. The molecule has 0 radical (unpaired) electrons. The Morgan fingerprint density at radius 3 is 2.34 bits per heavy atom. The van der Waals surface area contributed by atoms with Gasteiger partial charge in [0.25, 0.3) is 21.9 Å². The van der Waals surface area contributed by atoms with Crippen LogP contribution in [0, 0.1) is 0 Å². The molecule has 3 aromatic rings. The van der Waals surface area contributed by atoms with Crippen LogP contribution >= 0.6 is 0 Å². The summed E-state index contributed by atoms with van der Waals surface area (Å²) in [5, 5.41) is 0.473. The van der Waals surface area contributed by atoms with E-state index >= 15 is 0 Å². The van der Waals surface area contributed by atoms with Gasteiger partial charge in [0.15, 0.2) is 5.71 Å². The van der Waals surface area contributed by atoms with Crippen molar-refractivity contribution in [2.45, 2.75) is 82.1 Å². The molecule has 7 rings (SSSR count). The third-order valence-electron chi connectivity index (χ3n) is 12.3. The fourth-order valence-corrected chi connectivity index (χ4v) is 10.1. The van der Waals surface area contributed by atoms with Gasteiger partial charge >= 0.3 is 35.5 Å². The minimum absolute atomic E-state index is 0. The van der Waals surface area contributed by atoms with Gasteiger partial charge in [-0.05, 0) is 76.0 Å². The number of carbonyl (C=O) groups excluding carboxylic acids is 3. The van der Waals surface area contributed by atoms with Crippen LogP contribution < -0.4 is 39.2 Å². The number of carbonyl (C=O) groups is 3. The Labute approximate surface area is 413 Å². The van der Waals surface area contributed by atoms with Crippen molar-refractivity contribution in [2.75, 3.05) is 37.5 Å². The Morgan fingerprint density at radius 1 is 0.955 bits per heavy atom. The predicted molar refractivity (Wildman–Crippen MR) is 248 cm³/mol. The van der Waals surface area contributed by atoms with Crippen LogP contribution in [0.2, 0.25) is 0 Å². The van der Waals surface area contributed by atoms with E-state index in [1.165, 1.54) is 18.2 Å². The number of imide groups is 1. The summed E-state index contributed by atoms with van der Waals surface area (Å²) >= 11 is 0. The molecule has 4 heterocycles. The van der Waals surface area contributed by atoms with Crippen molar-refractivity contribution < 1.29 is 88.8 Å². The predicted octanol–water partition coefficient (Wildman–Crippen LogP) is 4.28. The van der Waals surface area contributed by atoms with E-state index < -0.39 is 54.1 Å². The molecular weight excluding hydrogens is 910 g/mol. The minimum Gasteiger partial charge on any atom is -0.744 e. The summed E-state index contributed by atoms with van der Waals surface area (Å²) in [6.07, 6.45) is 13.5. The van der Waals surface area contributed by atoms with E-state index in [0.29, 0.717) is 46.7 Å². The van der Waals surface area contributed by atoms with Crippen molar-refractivity contribution >= 4 is 72.0 Å². The van der Waals surface area contributed by atoms with Crippen LogP contribution in [-0.2, 0) is 49.6 Å². The quantitative estimate of drug-likeness (QED) is 0.0662. The standard InChI is InChI=1S/C49H53N3O12S2.Na/c1-33-32-48(2,3)51(25-26-62-5)41-31-43-38(30-37(33)41)35(28-42(63-43)34-14-8-6-9-15-34)16-10-7-11-17-44-49(4,23-12-18-47(55)64-52-45(53)21-22-46(52)54)39-29-36(66(59,60)61)19-20-40(39)50(44)24-13-27-65(56,57)58;/h6-11,14-17,19-20,28-32H,12-13,18,21-27H2,1-5H3,(H-,56,57,58,59,60,61);/q;+1. The third-order valence-corrected chi connectivity index (χ3v) is 13.9. The van der Waals surface area contributed by atoms with Gasteiger partial charge in [-0.25, -0.2) is 13.2 Å². The molecule has 2 amide bonds. The van der Waals surface area contributed by atoms with Gasteiger partial charge < -0.3 is 23.8 Å². The zero-order valence-corrected chi connectivity index (χ0v) is 42.1. The Kier molecular flexibility index (Phi) is 15.9. The van der Waals surface area contributed by atoms with Gasteiger partial charge in [0, 0.05) is 85.5 Å². The van der Waals surface area contributed by atoms with Gasteiger partial charge in [-0.1, -0.05) is 60.7 Å². The molecule has 348 valence electrons. The number of hydrogen-bond acceptors (Lipinski definition) is 12. The van der Waals surface area contributed by atoms with E-state index in [1.54, 1.807) is 19.3 Å². The zero-order chi connectivity index (χ0) is 47.6. The summed E-state index contributed by atoms with van der Waals surface area (Å²) < 4.78 is 83.9. The van der Waals surface area contributed by atoms with Crippen LogP contribution in [0.15, 0.2) is 108 Å².